The van der Waals surface area contributed by atoms with Crippen LogP contribution in [0.5, 0.6) is 11.5 Å². The smallest absolute Gasteiger partial charge is 0.335 e. The molecule has 1 saturated heterocycles. The molecule has 150 valence electrons. The van der Waals surface area contributed by atoms with Crippen LogP contribution in [0.2, 0.25) is 0 Å². The number of imide groups is 2. The second-order valence-corrected chi connectivity index (χ2v) is 6.36. The minimum Gasteiger partial charge on any atom is -0.494 e. The number of carbonyl (C=O) groups is 3. The maximum Gasteiger partial charge on any atom is 0.335 e. The summed E-state index contributed by atoms with van der Waals surface area (Å²) in [5.41, 5.74) is 1.75. The van der Waals surface area contributed by atoms with E-state index in [4.69, 9.17) is 9.47 Å². The zero-order valence-corrected chi connectivity index (χ0v) is 16.5. The van der Waals surface area contributed by atoms with E-state index in [1.807, 2.05) is 20.8 Å². The highest BCUT2D eigenvalue weighted by molar-refractivity contribution is 6.39. The van der Waals surface area contributed by atoms with Crippen LogP contribution in [0.1, 0.15) is 25.0 Å². The molecular weight excluding hydrogens is 372 g/mol. The molecule has 0 saturated carbocycles. The topological polar surface area (TPSA) is 84.9 Å². The second kappa shape index (κ2) is 8.60. The zero-order valence-electron chi connectivity index (χ0n) is 16.5. The van der Waals surface area contributed by atoms with E-state index in [0.29, 0.717) is 36.0 Å². The molecule has 0 radical (unpaired) electrons. The van der Waals surface area contributed by atoms with E-state index in [9.17, 15) is 14.4 Å². The van der Waals surface area contributed by atoms with Crippen LogP contribution in [0.3, 0.4) is 0 Å². The van der Waals surface area contributed by atoms with E-state index in [2.05, 4.69) is 5.32 Å². The Hall–Kier alpha value is -3.61. The van der Waals surface area contributed by atoms with Gasteiger partial charge >= 0.3 is 6.03 Å². The molecule has 0 atom stereocenters. The first-order valence-corrected chi connectivity index (χ1v) is 9.32. The Morgan fingerprint density at radius 3 is 2.31 bits per heavy atom. The molecule has 1 heterocycles. The number of hydrogen-bond donors (Lipinski definition) is 1. The van der Waals surface area contributed by atoms with Gasteiger partial charge in [-0.25, -0.2) is 9.69 Å². The Morgan fingerprint density at radius 1 is 0.966 bits per heavy atom. The van der Waals surface area contributed by atoms with Gasteiger partial charge in [-0.1, -0.05) is 17.7 Å². The van der Waals surface area contributed by atoms with Gasteiger partial charge in [-0.2, -0.15) is 0 Å². The lowest BCUT2D eigenvalue weighted by atomic mass is 10.1. The third-order valence-electron chi connectivity index (χ3n) is 4.29. The molecule has 1 aliphatic rings. The summed E-state index contributed by atoms with van der Waals surface area (Å²) < 4.78 is 11.1. The largest absolute Gasteiger partial charge is 0.494 e. The van der Waals surface area contributed by atoms with Gasteiger partial charge in [0.1, 0.15) is 17.1 Å². The zero-order chi connectivity index (χ0) is 21.0. The van der Waals surface area contributed by atoms with E-state index >= 15 is 0 Å². The molecule has 7 heteroatoms. The fourth-order valence-electron chi connectivity index (χ4n) is 2.91. The van der Waals surface area contributed by atoms with Crippen LogP contribution in [0.25, 0.3) is 6.08 Å². The standard InChI is InChI=1S/C22H22N2O5/c1-4-28-17-11-8-15(19(13-17)29-5-2)12-18-20(25)23-22(27)24(21(18)26)16-9-6-14(3)7-10-16/h6-13H,4-5H2,1-3H3,(H,23,25,27)/b18-12+. The second-order valence-electron chi connectivity index (χ2n) is 6.36. The Labute approximate surface area is 168 Å². The molecule has 0 bridgehead atoms. The van der Waals surface area contributed by atoms with E-state index in [-0.39, 0.29) is 5.57 Å². The van der Waals surface area contributed by atoms with E-state index < -0.39 is 17.8 Å². The molecule has 2 aromatic carbocycles. The summed E-state index contributed by atoms with van der Waals surface area (Å²) in [6, 6.07) is 11.2. The molecule has 7 nitrogen and oxygen atoms in total. The van der Waals surface area contributed by atoms with Crippen molar-refractivity contribution in [3.8, 4) is 11.5 Å². The molecule has 1 fully saturated rings. The maximum atomic E-state index is 13.0. The van der Waals surface area contributed by atoms with Gasteiger partial charge in [-0.15, -0.1) is 0 Å². The number of amides is 4. The van der Waals surface area contributed by atoms with Crippen molar-refractivity contribution in [2.75, 3.05) is 18.1 Å². The van der Waals surface area contributed by atoms with Gasteiger partial charge in [-0.3, -0.25) is 14.9 Å². The highest BCUT2D eigenvalue weighted by Crippen LogP contribution is 2.29. The number of barbiturate groups is 1. The van der Waals surface area contributed by atoms with Gasteiger partial charge in [0.05, 0.1) is 18.9 Å². The first-order valence-electron chi connectivity index (χ1n) is 9.32. The number of rotatable bonds is 6. The van der Waals surface area contributed by atoms with Crippen LogP contribution in [-0.2, 0) is 9.59 Å². The van der Waals surface area contributed by atoms with Crippen LogP contribution in [0.4, 0.5) is 10.5 Å². The average Bonchev–Trinajstić information content (AvgIpc) is 2.68. The number of carbonyl (C=O) groups excluding carboxylic acids is 3. The summed E-state index contributed by atoms with van der Waals surface area (Å²) in [6.45, 7) is 6.51. The SMILES string of the molecule is CCOc1ccc(/C=C2\C(=O)NC(=O)N(c3ccc(C)cc3)C2=O)c(OCC)c1. The van der Waals surface area contributed by atoms with Crippen molar-refractivity contribution in [3.63, 3.8) is 0 Å². The van der Waals surface area contributed by atoms with Crippen molar-refractivity contribution in [2.45, 2.75) is 20.8 Å². The third-order valence-corrected chi connectivity index (χ3v) is 4.29. The Kier molecular flexibility index (Phi) is 5.97. The van der Waals surface area contributed by atoms with Gasteiger partial charge in [0, 0.05) is 11.6 Å². The maximum absolute atomic E-state index is 13.0. The predicted octanol–water partition coefficient (Wildman–Crippen LogP) is 3.46. The van der Waals surface area contributed by atoms with Crippen molar-refractivity contribution in [3.05, 3.63) is 59.2 Å². The van der Waals surface area contributed by atoms with Gasteiger partial charge in [0.15, 0.2) is 0 Å². The molecule has 0 aliphatic carbocycles. The lowest BCUT2D eigenvalue weighted by Gasteiger charge is -2.26. The van der Waals surface area contributed by atoms with Crippen molar-refractivity contribution < 1.29 is 23.9 Å². The monoisotopic (exact) mass is 394 g/mol. The Balaban J connectivity index is 2.01. The highest BCUT2D eigenvalue weighted by Gasteiger charge is 2.36. The van der Waals surface area contributed by atoms with Gasteiger partial charge in [0.25, 0.3) is 11.8 Å². The number of ether oxygens (including phenoxy) is 2. The fraction of sp³-hybridized carbons (Fsp3) is 0.227. The van der Waals surface area contributed by atoms with Crippen LogP contribution >= 0.6 is 0 Å². The van der Waals surface area contributed by atoms with Gasteiger partial charge in [-0.05, 0) is 51.1 Å². The highest BCUT2D eigenvalue weighted by atomic mass is 16.5. The minimum absolute atomic E-state index is 0.157. The van der Waals surface area contributed by atoms with Crippen molar-refractivity contribution in [1.82, 2.24) is 5.32 Å². The first kappa shape index (κ1) is 20.1. The number of nitrogens with zero attached hydrogens (tertiary/aromatic N) is 1. The number of nitrogens with one attached hydrogen (secondary N) is 1. The predicted molar refractivity (Wildman–Crippen MR) is 109 cm³/mol. The van der Waals surface area contributed by atoms with E-state index in [1.54, 1.807) is 42.5 Å². The summed E-state index contributed by atoms with van der Waals surface area (Å²) in [6.07, 6.45) is 1.42. The number of anilines is 1. The number of urea groups is 1. The summed E-state index contributed by atoms with van der Waals surface area (Å²) in [5.74, 6) is -0.349. The fourth-order valence-corrected chi connectivity index (χ4v) is 2.91. The number of aryl methyl sites for hydroxylation is 1. The molecule has 1 N–H and O–H groups in total. The summed E-state index contributed by atoms with van der Waals surface area (Å²) in [7, 11) is 0. The molecule has 0 aromatic heterocycles. The Bertz CT molecular complexity index is 979. The lowest BCUT2D eigenvalue weighted by molar-refractivity contribution is -0.122. The van der Waals surface area contributed by atoms with Crippen LogP contribution < -0.4 is 19.7 Å². The molecule has 0 spiro atoms. The molecule has 0 unspecified atom stereocenters. The molecule has 2 aromatic rings. The third kappa shape index (κ3) is 4.29. The van der Waals surface area contributed by atoms with Crippen molar-refractivity contribution >= 4 is 29.6 Å². The van der Waals surface area contributed by atoms with Crippen LogP contribution in [-0.4, -0.2) is 31.1 Å². The molecule has 4 amide bonds. The van der Waals surface area contributed by atoms with Crippen molar-refractivity contribution in [2.24, 2.45) is 0 Å². The molecular formula is C22H22N2O5. The van der Waals surface area contributed by atoms with E-state index in [0.717, 1.165) is 10.5 Å². The molecule has 3 rings (SSSR count). The summed E-state index contributed by atoms with van der Waals surface area (Å²) in [4.78, 5) is 38.6. The number of benzene rings is 2. The normalized spacial score (nSPS) is 15.5. The van der Waals surface area contributed by atoms with Crippen molar-refractivity contribution in [1.29, 1.82) is 0 Å². The number of hydrogen-bond acceptors (Lipinski definition) is 5. The summed E-state index contributed by atoms with van der Waals surface area (Å²) >= 11 is 0. The first-order chi connectivity index (χ1) is 13.9. The van der Waals surface area contributed by atoms with Gasteiger partial charge < -0.3 is 9.47 Å². The molecule has 29 heavy (non-hydrogen) atoms. The molecule has 1 aliphatic heterocycles. The average molecular weight is 394 g/mol. The van der Waals surface area contributed by atoms with Crippen LogP contribution in [0.15, 0.2) is 48.0 Å². The quantitative estimate of drug-likeness (QED) is 0.599. The van der Waals surface area contributed by atoms with Gasteiger partial charge in [0.2, 0.25) is 0 Å². The van der Waals surface area contributed by atoms with Crippen LogP contribution in [0, 0.1) is 6.92 Å². The Morgan fingerprint density at radius 2 is 1.66 bits per heavy atom. The summed E-state index contributed by atoms with van der Waals surface area (Å²) in [5, 5.41) is 2.22. The van der Waals surface area contributed by atoms with E-state index in [1.165, 1.54) is 6.08 Å². The minimum atomic E-state index is -0.780. The lowest BCUT2D eigenvalue weighted by Crippen LogP contribution is -2.54.